The molecule has 0 saturated carbocycles. The number of fused-ring (bicyclic) bond motifs is 1. The van der Waals surface area contributed by atoms with Gasteiger partial charge in [-0.05, 0) is 17.5 Å². The number of hydrogen-bond acceptors (Lipinski definition) is 3. The number of aliphatic carboxylic acids is 1. The van der Waals surface area contributed by atoms with E-state index in [0.29, 0.717) is 12.5 Å². The number of nitrogens with one attached hydrogen (secondary N) is 1. The number of amides is 1. The number of carboxylic acid groups (broad SMARTS) is 1. The standard InChI is InChI=1S/C13H16N2O3/c14-11(6-12(16)17)13(18)15-7-9-5-8-3-1-2-4-10(8)9/h1-4,9,11H,5-7,14H2,(H,15,18)(H,16,17). The third-order valence-corrected chi connectivity index (χ3v) is 3.22. The number of benzene rings is 1. The normalized spacial score (nSPS) is 18.4. The first-order chi connectivity index (χ1) is 8.58. The monoisotopic (exact) mass is 248 g/mol. The molecule has 4 N–H and O–H groups in total. The third kappa shape index (κ3) is 2.68. The molecule has 1 amide bonds. The van der Waals surface area contributed by atoms with Crippen LogP contribution in [-0.4, -0.2) is 29.6 Å². The molecule has 0 aliphatic heterocycles. The van der Waals surface area contributed by atoms with Crippen molar-refractivity contribution in [2.75, 3.05) is 6.54 Å². The van der Waals surface area contributed by atoms with E-state index in [0.717, 1.165) is 6.42 Å². The third-order valence-electron chi connectivity index (χ3n) is 3.22. The Morgan fingerprint density at radius 2 is 2.17 bits per heavy atom. The summed E-state index contributed by atoms with van der Waals surface area (Å²) in [6, 6.07) is 7.12. The zero-order chi connectivity index (χ0) is 13.1. The molecule has 0 saturated heterocycles. The van der Waals surface area contributed by atoms with Crippen LogP contribution in [0.25, 0.3) is 0 Å². The summed E-state index contributed by atoms with van der Waals surface area (Å²) in [6.45, 7) is 0.517. The largest absolute Gasteiger partial charge is 0.481 e. The predicted octanol–water partition coefficient (Wildman–Crippen LogP) is 0.245. The van der Waals surface area contributed by atoms with E-state index >= 15 is 0 Å². The summed E-state index contributed by atoms with van der Waals surface area (Å²) in [5.41, 5.74) is 8.03. The lowest BCUT2D eigenvalue weighted by molar-refractivity contribution is -0.139. The minimum atomic E-state index is -1.06. The molecule has 1 aromatic carbocycles. The fourth-order valence-corrected chi connectivity index (χ4v) is 2.18. The van der Waals surface area contributed by atoms with Crippen molar-refractivity contribution in [2.24, 2.45) is 5.73 Å². The van der Waals surface area contributed by atoms with Crippen molar-refractivity contribution in [3.05, 3.63) is 35.4 Å². The Bertz CT molecular complexity index is 473. The lowest BCUT2D eigenvalue weighted by Crippen LogP contribution is -2.44. The number of carbonyl (C=O) groups excluding carboxylic acids is 1. The minimum absolute atomic E-state index is 0.321. The van der Waals surface area contributed by atoms with Crippen LogP contribution in [0, 0.1) is 0 Å². The highest BCUT2D eigenvalue weighted by Crippen LogP contribution is 2.33. The fraction of sp³-hybridized carbons (Fsp3) is 0.385. The van der Waals surface area contributed by atoms with Gasteiger partial charge in [-0.1, -0.05) is 24.3 Å². The van der Waals surface area contributed by atoms with Gasteiger partial charge in [0.25, 0.3) is 0 Å². The lowest BCUT2D eigenvalue weighted by Gasteiger charge is -2.30. The molecule has 0 aromatic heterocycles. The molecule has 2 rings (SSSR count). The van der Waals surface area contributed by atoms with Crippen LogP contribution in [0.2, 0.25) is 0 Å². The summed E-state index contributed by atoms with van der Waals surface area (Å²) in [6.07, 6.45) is 0.609. The predicted molar refractivity (Wildman–Crippen MR) is 66.1 cm³/mol. The van der Waals surface area contributed by atoms with Crippen molar-refractivity contribution in [2.45, 2.75) is 24.8 Å². The summed E-state index contributed by atoms with van der Waals surface area (Å²) in [5.74, 6) is -1.14. The Balaban J connectivity index is 1.80. The fourth-order valence-electron chi connectivity index (χ4n) is 2.18. The van der Waals surface area contributed by atoms with Crippen LogP contribution in [0.5, 0.6) is 0 Å². The molecule has 0 bridgehead atoms. The Hall–Kier alpha value is -1.88. The lowest BCUT2D eigenvalue weighted by atomic mass is 9.77. The average molecular weight is 248 g/mol. The van der Waals surface area contributed by atoms with Crippen LogP contribution in [0.3, 0.4) is 0 Å². The molecule has 18 heavy (non-hydrogen) atoms. The van der Waals surface area contributed by atoms with E-state index in [9.17, 15) is 9.59 Å². The molecule has 5 nitrogen and oxygen atoms in total. The van der Waals surface area contributed by atoms with Gasteiger partial charge < -0.3 is 16.2 Å². The summed E-state index contributed by atoms with van der Waals surface area (Å²) in [7, 11) is 0. The molecule has 2 atom stereocenters. The molecule has 5 heteroatoms. The van der Waals surface area contributed by atoms with Crippen LogP contribution in [0.15, 0.2) is 24.3 Å². The van der Waals surface area contributed by atoms with Gasteiger partial charge in [-0.25, -0.2) is 0 Å². The van der Waals surface area contributed by atoms with E-state index in [1.807, 2.05) is 18.2 Å². The highest BCUT2D eigenvalue weighted by molar-refractivity contribution is 5.85. The molecule has 1 aliphatic carbocycles. The maximum Gasteiger partial charge on any atom is 0.305 e. The van der Waals surface area contributed by atoms with Crippen LogP contribution in [-0.2, 0) is 16.0 Å². The van der Waals surface area contributed by atoms with Gasteiger partial charge >= 0.3 is 5.97 Å². The van der Waals surface area contributed by atoms with E-state index < -0.39 is 17.9 Å². The second-order valence-corrected chi connectivity index (χ2v) is 4.55. The van der Waals surface area contributed by atoms with Crippen LogP contribution in [0.1, 0.15) is 23.5 Å². The Labute approximate surface area is 105 Å². The molecule has 0 heterocycles. The first-order valence-electron chi connectivity index (χ1n) is 5.91. The maximum atomic E-state index is 11.5. The van der Waals surface area contributed by atoms with Gasteiger partial charge in [0.1, 0.15) is 0 Å². The quantitative estimate of drug-likeness (QED) is 0.696. The SMILES string of the molecule is NC(CC(=O)O)C(=O)NCC1Cc2ccccc21. The van der Waals surface area contributed by atoms with Gasteiger partial charge in [0.05, 0.1) is 12.5 Å². The van der Waals surface area contributed by atoms with E-state index in [2.05, 4.69) is 11.4 Å². The van der Waals surface area contributed by atoms with Crippen molar-refractivity contribution in [3.8, 4) is 0 Å². The molecule has 0 spiro atoms. The summed E-state index contributed by atoms with van der Waals surface area (Å²) < 4.78 is 0. The number of nitrogens with two attached hydrogens (primary N) is 1. The van der Waals surface area contributed by atoms with E-state index in [4.69, 9.17) is 10.8 Å². The second kappa shape index (κ2) is 5.18. The molecular weight excluding hydrogens is 232 g/mol. The van der Waals surface area contributed by atoms with Gasteiger partial charge in [-0.2, -0.15) is 0 Å². The second-order valence-electron chi connectivity index (χ2n) is 4.55. The molecule has 96 valence electrons. The van der Waals surface area contributed by atoms with Gasteiger partial charge in [-0.15, -0.1) is 0 Å². The highest BCUT2D eigenvalue weighted by Gasteiger charge is 2.26. The smallest absolute Gasteiger partial charge is 0.305 e. The number of carboxylic acids is 1. The molecular formula is C13H16N2O3. The number of carbonyl (C=O) groups is 2. The number of rotatable bonds is 5. The van der Waals surface area contributed by atoms with Crippen molar-refractivity contribution >= 4 is 11.9 Å². The minimum Gasteiger partial charge on any atom is -0.481 e. The van der Waals surface area contributed by atoms with Gasteiger partial charge in [0.2, 0.25) is 5.91 Å². The Morgan fingerprint density at radius 1 is 1.44 bits per heavy atom. The van der Waals surface area contributed by atoms with Crippen molar-refractivity contribution in [3.63, 3.8) is 0 Å². The van der Waals surface area contributed by atoms with Crippen molar-refractivity contribution in [1.82, 2.24) is 5.32 Å². The van der Waals surface area contributed by atoms with Crippen molar-refractivity contribution in [1.29, 1.82) is 0 Å². The molecule has 1 aromatic rings. The van der Waals surface area contributed by atoms with Crippen LogP contribution >= 0.6 is 0 Å². The molecule has 0 radical (unpaired) electrons. The number of hydrogen-bond donors (Lipinski definition) is 3. The average Bonchev–Trinajstić information content (AvgIpc) is 2.29. The summed E-state index contributed by atoms with van der Waals surface area (Å²) >= 11 is 0. The Morgan fingerprint density at radius 3 is 2.83 bits per heavy atom. The van der Waals surface area contributed by atoms with E-state index in [1.165, 1.54) is 11.1 Å². The highest BCUT2D eigenvalue weighted by atomic mass is 16.4. The summed E-state index contributed by atoms with van der Waals surface area (Å²) in [4.78, 5) is 22.0. The van der Waals surface area contributed by atoms with Gasteiger partial charge in [0, 0.05) is 12.5 Å². The zero-order valence-electron chi connectivity index (χ0n) is 9.93. The first kappa shape index (κ1) is 12.6. The zero-order valence-corrected chi connectivity index (χ0v) is 9.93. The summed E-state index contributed by atoms with van der Waals surface area (Å²) in [5, 5.41) is 11.2. The van der Waals surface area contributed by atoms with E-state index in [-0.39, 0.29) is 6.42 Å². The van der Waals surface area contributed by atoms with Gasteiger partial charge in [0.15, 0.2) is 0 Å². The molecule has 2 unspecified atom stereocenters. The molecule has 1 aliphatic rings. The first-order valence-corrected chi connectivity index (χ1v) is 5.91. The molecule has 0 fully saturated rings. The van der Waals surface area contributed by atoms with Gasteiger partial charge in [-0.3, -0.25) is 9.59 Å². The Kier molecular flexibility index (Phi) is 3.62. The van der Waals surface area contributed by atoms with Crippen LogP contribution < -0.4 is 11.1 Å². The topological polar surface area (TPSA) is 92.4 Å². The van der Waals surface area contributed by atoms with Crippen LogP contribution in [0.4, 0.5) is 0 Å². The van der Waals surface area contributed by atoms with Crippen molar-refractivity contribution < 1.29 is 14.7 Å². The van der Waals surface area contributed by atoms with E-state index in [1.54, 1.807) is 0 Å². The maximum absolute atomic E-state index is 11.5.